The third-order valence-corrected chi connectivity index (χ3v) is 6.25. The number of anilines is 1. The van der Waals surface area contributed by atoms with E-state index in [1.54, 1.807) is 29.4 Å². The molecule has 0 unspecified atom stereocenters. The molecule has 0 saturated heterocycles. The highest BCUT2D eigenvalue weighted by Crippen LogP contribution is 2.34. The van der Waals surface area contributed by atoms with Crippen LogP contribution in [0.5, 0.6) is 5.75 Å². The van der Waals surface area contributed by atoms with Crippen LogP contribution in [0.3, 0.4) is 0 Å². The second-order valence-electron chi connectivity index (χ2n) is 8.25. The van der Waals surface area contributed by atoms with E-state index in [1.165, 1.54) is 0 Å². The van der Waals surface area contributed by atoms with Gasteiger partial charge in [-0.1, -0.05) is 12.1 Å². The van der Waals surface area contributed by atoms with Crippen molar-refractivity contribution in [2.75, 3.05) is 18.1 Å². The molecule has 5 rings (SSSR count). The minimum atomic E-state index is -0.207. The van der Waals surface area contributed by atoms with Crippen molar-refractivity contribution in [3.63, 3.8) is 0 Å². The van der Waals surface area contributed by atoms with Crippen molar-refractivity contribution in [2.45, 2.75) is 20.3 Å². The maximum absolute atomic E-state index is 13.6. The van der Waals surface area contributed by atoms with Gasteiger partial charge in [-0.05, 0) is 78.9 Å². The SMILES string of the molecule is Cc1c(Cc2ccc(-n3cccn3)cc2)cc2c(c1C)OCCN(c1ncccc1C#N)C2=O. The predicted octanol–water partition coefficient (Wildman–Crippen LogP) is 4.39. The van der Waals surface area contributed by atoms with Gasteiger partial charge in [0.05, 0.1) is 23.4 Å². The minimum Gasteiger partial charge on any atom is -0.491 e. The van der Waals surface area contributed by atoms with Crippen molar-refractivity contribution in [1.82, 2.24) is 14.8 Å². The summed E-state index contributed by atoms with van der Waals surface area (Å²) < 4.78 is 7.85. The van der Waals surface area contributed by atoms with Gasteiger partial charge in [-0.3, -0.25) is 9.69 Å². The highest BCUT2D eigenvalue weighted by Gasteiger charge is 2.29. The molecular weight excluding hydrogens is 426 g/mol. The van der Waals surface area contributed by atoms with Crippen LogP contribution in [-0.2, 0) is 6.42 Å². The van der Waals surface area contributed by atoms with Gasteiger partial charge in [0, 0.05) is 18.6 Å². The molecule has 0 radical (unpaired) electrons. The molecule has 2 aromatic heterocycles. The molecule has 7 heteroatoms. The van der Waals surface area contributed by atoms with Crippen molar-refractivity contribution < 1.29 is 9.53 Å². The summed E-state index contributed by atoms with van der Waals surface area (Å²) in [5, 5.41) is 13.8. The fraction of sp³-hybridized carbons (Fsp3) is 0.185. The Morgan fingerprint density at radius 3 is 2.65 bits per heavy atom. The zero-order chi connectivity index (χ0) is 23.7. The smallest absolute Gasteiger partial charge is 0.263 e. The summed E-state index contributed by atoms with van der Waals surface area (Å²) in [6.45, 7) is 4.70. The maximum atomic E-state index is 13.6. The number of amides is 1. The van der Waals surface area contributed by atoms with Gasteiger partial charge in [-0.15, -0.1) is 0 Å². The summed E-state index contributed by atoms with van der Waals surface area (Å²) in [6.07, 6.45) is 5.93. The van der Waals surface area contributed by atoms with Gasteiger partial charge < -0.3 is 4.74 Å². The van der Waals surface area contributed by atoms with Gasteiger partial charge in [0.25, 0.3) is 5.91 Å². The van der Waals surface area contributed by atoms with E-state index in [0.29, 0.717) is 42.3 Å². The number of aromatic nitrogens is 3. The zero-order valence-corrected chi connectivity index (χ0v) is 19.0. The molecule has 0 fully saturated rings. The van der Waals surface area contributed by atoms with Crippen LogP contribution in [0.2, 0.25) is 0 Å². The quantitative estimate of drug-likeness (QED) is 0.462. The summed E-state index contributed by atoms with van der Waals surface area (Å²) in [5.41, 5.74) is 6.10. The van der Waals surface area contributed by atoms with Crippen LogP contribution in [-0.4, -0.2) is 33.8 Å². The molecule has 1 amide bonds. The zero-order valence-electron chi connectivity index (χ0n) is 19.0. The van der Waals surface area contributed by atoms with Crippen LogP contribution < -0.4 is 9.64 Å². The van der Waals surface area contributed by atoms with Gasteiger partial charge in [0.2, 0.25) is 0 Å². The molecule has 168 valence electrons. The van der Waals surface area contributed by atoms with E-state index in [2.05, 4.69) is 35.2 Å². The number of hydrogen-bond acceptors (Lipinski definition) is 5. The lowest BCUT2D eigenvalue weighted by molar-refractivity contribution is 0.0989. The Morgan fingerprint density at radius 1 is 1.09 bits per heavy atom. The first kappa shape index (κ1) is 21.4. The molecule has 4 aromatic rings. The molecular formula is C27H23N5O2. The number of nitriles is 1. The number of pyridine rings is 1. The Morgan fingerprint density at radius 2 is 1.91 bits per heavy atom. The van der Waals surface area contributed by atoms with E-state index in [9.17, 15) is 10.1 Å². The van der Waals surface area contributed by atoms with E-state index in [-0.39, 0.29) is 5.91 Å². The standard InChI is InChI=1S/C27H23N5O2/c1-18-19(2)25-24(27(33)31(13-14-34-25)26-21(17-28)5-3-10-29-26)16-22(18)15-20-6-8-23(9-7-20)32-12-4-11-30-32/h3-12,16H,13-15H2,1-2H3. The molecule has 7 nitrogen and oxygen atoms in total. The average molecular weight is 450 g/mol. The fourth-order valence-corrected chi connectivity index (χ4v) is 4.28. The lowest BCUT2D eigenvalue weighted by atomic mass is 9.93. The second-order valence-corrected chi connectivity index (χ2v) is 8.25. The first-order chi connectivity index (χ1) is 16.6. The summed E-state index contributed by atoms with van der Waals surface area (Å²) >= 11 is 0. The van der Waals surface area contributed by atoms with Gasteiger partial charge >= 0.3 is 0 Å². The van der Waals surface area contributed by atoms with E-state index < -0.39 is 0 Å². The number of ether oxygens (including phenoxy) is 1. The predicted molar refractivity (Wildman–Crippen MR) is 128 cm³/mol. The summed E-state index contributed by atoms with van der Waals surface area (Å²) in [7, 11) is 0. The molecule has 0 bridgehead atoms. The third kappa shape index (κ3) is 3.80. The van der Waals surface area contributed by atoms with Crippen molar-refractivity contribution in [3.8, 4) is 17.5 Å². The van der Waals surface area contributed by atoms with E-state index in [1.807, 2.05) is 42.1 Å². The van der Waals surface area contributed by atoms with Gasteiger partial charge in [-0.25, -0.2) is 9.67 Å². The first-order valence-electron chi connectivity index (χ1n) is 11.1. The second kappa shape index (κ2) is 8.83. The minimum absolute atomic E-state index is 0.207. The number of fused-ring (bicyclic) bond motifs is 1. The van der Waals surface area contributed by atoms with Crippen LogP contribution in [0.4, 0.5) is 5.82 Å². The Balaban J connectivity index is 1.50. The van der Waals surface area contributed by atoms with Crippen LogP contribution in [0, 0.1) is 25.2 Å². The van der Waals surface area contributed by atoms with Crippen molar-refractivity contribution in [2.24, 2.45) is 0 Å². The molecule has 1 aliphatic heterocycles. The molecule has 1 aliphatic rings. The first-order valence-corrected chi connectivity index (χ1v) is 11.1. The molecule has 0 N–H and O–H groups in total. The van der Waals surface area contributed by atoms with Gasteiger partial charge in [0.1, 0.15) is 18.4 Å². The summed E-state index contributed by atoms with van der Waals surface area (Å²) in [4.78, 5) is 19.5. The number of nitrogens with zero attached hydrogens (tertiary/aromatic N) is 5. The average Bonchev–Trinajstić information content (AvgIpc) is 3.35. The third-order valence-electron chi connectivity index (χ3n) is 6.25. The number of carbonyl (C=O) groups excluding carboxylic acids is 1. The molecule has 0 spiro atoms. The topological polar surface area (TPSA) is 84.0 Å². The Labute approximate surface area is 197 Å². The monoisotopic (exact) mass is 449 g/mol. The highest BCUT2D eigenvalue weighted by molar-refractivity contribution is 6.08. The largest absolute Gasteiger partial charge is 0.491 e. The lowest BCUT2D eigenvalue weighted by Gasteiger charge is -2.20. The molecule has 0 atom stereocenters. The molecule has 3 heterocycles. The summed E-state index contributed by atoms with van der Waals surface area (Å²) in [5.74, 6) is 0.763. The normalized spacial score (nSPS) is 13.1. The summed E-state index contributed by atoms with van der Waals surface area (Å²) in [6, 6.07) is 17.5. The Kier molecular flexibility index (Phi) is 5.56. The lowest BCUT2D eigenvalue weighted by Crippen LogP contribution is -2.33. The highest BCUT2D eigenvalue weighted by atomic mass is 16.5. The van der Waals surface area contributed by atoms with E-state index >= 15 is 0 Å². The van der Waals surface area contributed by atoms with E-state index in [4.69, 9.17) is 4.74 Å². The molecule has 2 aromatic carbocycles. The van der Waals surface area contributed by atoms with Crippen LogP contribution in [0.25, 0.3) is 5.69 Å². The number of hydrogen-bond donors (Lipinski definition) is 0. The van der Waals surface area contributed by atoms with Crippen LogP contribution in [0.15, 0.2) is 67.1 Å². The maximum Gasteiger partial charge on any atom is 0.263 e. The Bertz CT molecular complexity index is 1400. The van der Waals surface area contributed by atoms with Crippen LogP contribution >= 0.6 is 0 Å². The molecule has 0 saturated carbocycles. The number of carbonyl (C=O) groups is 1. The van der Waals surface area contributed by atoms with Crippen molar-refractivity contribution in [1.29, 1.82) is 5.26 Å². The van der Waals surface area contributed by atoms with Crippen molar-refractivity contribution >= 4 is 11.7 Å². The van der Waals surface area contributed by atoms with Gasteiger partial charge in [0.15, 0.2) is 5.82 Å². The van der Waals surface area contributed by atoms with Gasteiger partial charge in [-0.2, -0.15) is 10.4 Å². The van der Waals surface area contributed by atoms with Crippen molar-refractivity contribution in [3.05, 3.63) is 101 Å². The number of benzene rings is 2. The number of rotatable bonds is 4. The molecule has 0 aliphatic carbocycles. The van der Waals surface area contributed by atoms with Crippen LogP contribution in [0.1, 0.15) is 38.2 Å². The van der Waals surface area contributed by atoms with E-state index in [0.717, 1.165) is 27.9 Å². The Hall–Kier alpha value is -4.44. The fourth-order valence-electron chi connectivity index (χ4n) is 4.28. The molecule has 34 heavy (non-hydrogen) atoms.